The molecule has 46 heavy (non-hydrogen) atoms. The summed E-state index contributed by atoms with van der Waals surface area (Å²) in [5.41, 5.74) is 9.84. The Bertz CT molecular complexity index is 2480. The van der Waals surface area contributed by atoms with Crippen molar-refractivity contribution in [3.63, 3.8) is 0 Å². The van der Waals surface area contributed by atoms with Crippen molar-refractivity contribution in [1.82, 2.24) is 14.5 Å². The van der Waals surface area contributed by atoms with Crippen LogP contribution >= 0.6 is 0 Å². The molecule has 0 unspecified atom stereocenters. The van der Waals surface area contributed by atoms with E-state index in [1.54, 1.807) is 0 Å². The number of anilines is 3. The van der Waals surface area contributed by atoms with Crippen LogP contribution in [0.5, 0.6) is 0 Å². The van der Waals surface area contributed by atoms with Crippen LogP contribution in [0.25, 0.3) is 60.4 Å². The Morgan fingerprint density at radius 2 is 1.11 bits per heavy atom. The first kappa shape index (κ1) is 26.2. The molecule has 0 aliphatic rings. The maximum atomic E-state index is 5.24. The van der Waals surface area contributed by atoms with Gasteiger partial charge >= 0.3 is 0 Å². The van der Waals surface area contributed by atoms with E-state index in [9.17, 15) is 0 Å². The van der Waals surface area contributed by atoms with Crippen LogP contribution in [0.1, 0.15) is 0 Å². The van der Waals surface area contributed by atoms with Crippen LogP contribution in [-0.4, -0.2) is 14.5 Å². The monoisotopic (exact) mass is 588 g/mol. The Morgan fingerprint density at radius 3 is 1.89 bits per heavy atom. The second-order valence-electron chi connectivity index (χ2n) is 11.5. The van der Waals surface area contributed by atoms with Gasteiger partial charge in [0.05, 0.1) is 22.1 Å². The van der Waals surface area contributed by atoms with Gasteiger partial charge in [-0.1, -0.05) is 78.9 Å². The lowest BCUT2D eigenvalue weighted by Crippen LogP contribution is -2.11. The third-order valence-electron chi connectivity index (χ3n) is 8.80. The molecule has 9 aromatic rings. The van der Waals surface area contributed by atoms with Gasteiger partial charge in [-0.2, -0.15) is 0 Å². The van der Waals surface area contributed by atoms with Gasteiger partial charge in [-0.25, -0.2) is 4.98 Å². The van der Waals surface area contributed by atoms with E-state index in [-0.39, 0.29) is 0 Å². The number of aromatic nitrogens is 3. The highest BCUT2D eigenvalue weighted by molar-refractivity contribution is 6.09. The number of para-hydroxylation sites is 3. The average Bonchev–Trinajstić information content (AvgIpc) is 3.46. The Hall–Kier alpha value is -6.26. The summed E-state index contributed by atoms with van der Waals surface area (Å²) < 4.78 is 2.35. The topological polar surface area (TPSA) is 34.0 Å². The zero-order valence-corrected chi connectivity index (χ0v) is 25.0. The Labute approximate surface area is 266 Å². The maximum absolute atomic E-state index is 5.24. The zero-order chi connectivity index (χ0) is 30.5. The molecule has 0 bridgehead atoms. The quantitative estimate of drug-likeness (QED) is 0.201. The van der Waals surface area contributed by atoms with Gasteiger partial charge < -0.3 is 4.57 Å². The number of rotatable bonds is 5. The minimum Gasteiger partial charge on any atom is -0.309 e. The van der Waals surface area contributed by atoms with Crippen molar-refractivity contribution in [2.75, 3.05) is 4.90 Å². The summed E-state index contributed by atoms with van der Waals surface area (Å²) in [6, 6.07) is 57.8. The molecule has 0 radical (unpaired) electrons. The molecule has 0 atom stereocenters. The minimum atomic E-state index is 0.864. The van der Waals surface area contributed by atoms with Crippen LogP contribution in [0.2, 0.25) is 0 Å². The van der Waals surface area contributed by atoms with Gasteiger partial charge in [0.25, 0.3) is 0 Å². The lowest BCUT2D eigenvalue weighted by atomic mass is 10.0. The highest BCUT2D eigenvalue weighted by Crippen LogP contribution is 2.37. The molecule has 0 fully saturated rings. The predicted molar refractivity (Wildman–Crippen MR) is 192 cm³/mol. The van der Waals surface area contributed by atoms with Crippen molar-refractivity contribution in [2.45, 2.75) is 0 Å². The summed E-state index contributed by atoms with van der Waals surface area (Å²) in [6.45, 7) is 0. The minimum absolute atomic E-state index is 0.864. The normalized spacial score (nSPS) is 11.5. The molecule has 9 rings (SSSR count). The molecule has 0 spiro atoms. The summed E-state index contributed by atoms with van der Waals surface area (Å²) in [5, 5.41) is 4.74. The van der Waals surface area contributed by atoms with Crippen LogP contribution in [0.3, 0.4) is 0 Å². The Morgan fingerprint density at radius 1 is 0.457 bits per heavy atom. The van der Waals surface area contributed by atoms with Crippen LogP contribution in [0, 0.1) is 0 Å². The molecule has 3 aromatic heterocycles. The second-order valence-corrected chi connectivity index (χ2v) is 11.5. The summed E-state index contributed by atoms with van der Waals surface area (Å²) in [7, 11) is 0. The average molecular weight is 589 g/mol. The first-order valence-electron chi connectivity index (χ1n) is 15.5. The van der Waals surface area contributed by atoms with Gasteiger partial charge in [0.1, 0.15) is 5.82 Å². The number of nitrogens with zero attached hydrogens (tertiary/aromatic N) is 4. The van der Waals surface area contributed by atoms with E-state index in [1.807, 2.05) is 18.3 Å². The molecule has 0 saturated carbocycles. The smallest absolute Gasteiger partial charge is 0.138 e. The number of benzene rings is 6. The molecule has 6 aromatic carbocycles. The van der Waals surface area contributed by atoms with Gasteiger partial charge in [0.2, 0.25) is 0 Å². The van der Waals surface area contributed by atoms with E-state index < -0.39 is 0 Å². The third-order valence-corrected chi connectivity index (χ3v) is 8.80. The lowest BCUT2D eigenvalue weighted by molar-refractivity contribution is 1.16. The number of pyridine rings is 2. The summed E-state index contributed by atoms with van der Waals surface area (Å²) >= 11 is 0. The molecule has 0 saturated heterocycles. The zero-order valence-electron chi connectivity index (χ0n) is 25.0. The fourth-order valence-electron chi connectivity index (χ4n) is 6.61. The third kappa shape index (κ3) is 4.39. The van der Waals surface area contributed by atoms with E-state index >= 15 is 0 Å². The van der Waals surface area contributed by atoms with Crippen LogP contribution in [-0.2, 0) is 0 Å². The van der Waals surface area contributed by atoms with E-state index in [4.69, 9.17) is 4.98 Å². The molecule has 4 nitrogen and oxygen atoms in total. The maximum Gasteiger partial charge on any atom is 0.138 e. The van der Waals surface area contributed by atoms with Gasteiger partial charge in [-0.3, -0.25) is 9.88 Å². The van der Waals surface area contributed by atoms with Crippen molar-refractivity contribution in [3.05, 3.63) is 170 Å². The van der Waals surface area contributed by atoms with Crippen molar-refractivity contribution in [3.8, 4) is 16.8 Å². The van der Waals surface area contributed by atoms with Crippen molar-refractivity contribution in [1.29, 1.82) is 0 Å². The van der Waals surface area contributed by atoms with Gasteiger partial charge in [-0.05, 0) is 96.1 Å². The Kier molecular flexibility index (Phi) is 6.10. The largest absolute Gasteiger partial charge is 0.309 e. The highest BCUT2D eigenvalue weighted by atomic mass is 15.2. The molecule has 0 aliphatic carbocycles. The van der Waals surface area contributed by atoms with Crippen LogP contribution in [0.15, 0.2) is 170 Å². The fourth-order valence-corrected chi connectivity index (χ4v) is 6.61. The van der Waals surface area contributed by atoms with E-state index in [0.717, 1.165) is 55.8 Å². The highest BCUT2D eigenvalue weighted by Gasteiger charge is 2.16. The lowest BCUT2D eigenvalue weighted by Gasteiger charge is -2.25. The predicted octanol–water partition coefficient (Wildman–Crippen LogP) is 11.0. The number of hydrogen-bond donors (Lipinski definition) is 0. The Balaban J connectivity index is 1.15. The number of hydrogen-bond acceptors (Lipinski definition) is 3. The summed E-state index contributed by atoms with van der Waals surface area (Å²) in [5.74, 6) is 0.864. The van der Waals surface area contributed by atoms with E-state index in [1.165, 1.54) is 21.8 Å². The summed E-state index contributed by atoms with van der Waals surface area (Å²) in [4.78, 5) is 11.9. The molecule has 4 heteroatoms. The molecule has 3 heterocycles. The second kappa shape index (κ2) is 10.7. The molecular weight excluding hydrogens is 560 g/mol. The first-order valence-corrected chi connectivity index (χ1v) is 15.5. The van der Waals surface area contributed by atoms with Crippen molar-refractivity contribution in [2.24, 2.45) is 0 Å². The molecule has 216 valence electrons. The number of fused-ring (bicyclic) bond motifs is 5. The van der Waals surface area contributed by atoms with Crippen LogP contribution in [0.4, 0.5) is 17.2 Å². The fraction of sp³-hybridized carbons (Fsp3) is 0. The van der Waals surface area contributed by atoms with Gasteiger partial charge in [0.15, 0.2) is 0 Å². The van der Waals surface area contributed by atoms with Gasteiger partial charge in [0, 0.05) is 44.8 Å². The summed E-state index contributed by atoms with van der Waals surface area (Å²) in [6.07, 6.45) is 1.83. The molecular formula is C42H28N4. The SMILES string of the molecule is c1ccc(N(c2ccc(-n3c4ccccc4c4ccccc43)cc2)c2ccc3ccc(-c4ccc5ncccc5c4)cc3n2)cc1. The van der Waals surface area contributed by atoms with Gasteiger partial charge in [-0.15, -0.1) is 0 Å². The van der Waals surface area contributed by atoms with E-state index in [2.05, 4.69) is 166 Å². The van der Waals surface area contributed by atoms with E-state index in [0.29, 0.717) is 0 Å². The first-order chi connectivity index (χ1) is 22.8. The molecule has 0 N–H and O–H groups in total. The standard InChI is InChI=1S/C42H28N4/c1-2-10-33(11-3-1)45(34-20-22-35(23-21-34)46-40-14-6-4-12-36(40)37-13-5-7-15-41(37)46)42-25-19-29-16-17-31(28-39(29)44-42)30-18-24-38-32(27-30)9-8-26-43-38/h1-28H. The molecule has 0 amide bonds. The van der Waals surface area contributed by atoms with Crippen molar-refractivity contribution < 1.29 is 0 Å². The van der Waals surface area contributed by atoms with Crippen molar-refractivity contribution >= 4 is 60.8 Å². The molecule has 0 aliphatic heterocycles. The van der Waals surface area contributed by atoms with Crippen LogP contribution < -0.4 is 4.90 Å².